The number of hydrogen-bond donors (Lipinski definition) is 1. The molecule has 1 aliphatic rings. The Morgan fingerprint density at radius 2 is 1.71 bits per heavy atom. The third kappa shape index (κ3) is 3.27. The van der Waals surface area contributed by atoms with E-state index in [0.29, 0.717) is 30.3 Å². The van der Waals surface area contributed by atoms with Gasteiger partial charge in [0.2, 0.25) is 0 Å². The number of benzene rings is 1. The van der Waals surface area contributed by atoms with E-state index in [-0.39, 0.29) is 0 Å². The minimum Gasteiger partial charge on any atom is -0.271 e. The van der Waals surface area contributed by atoms with Gasteiger partial charge in [-0.1, -0.05) is 18.2 Å². The van der Waals surface area contributed by atoms with Crippen molar-refractivity contribution in [3.8, 4) is 0 Å². The van der Waals surface area contributed by atoms with Gasteiger partial charge in [-0.05, 0) is 12.1 Å². The van der Waals surface area contributed by atoms with Crippen LogP contribution in [0.25, 0.3) is 0 Å². The average Bonchev–Trinajstić information content (AvgIpc) is 2.30. The van der Waals surface area contributed by atoms with E-state index in [1.807, 2.05) is 6.07 Å². The number of para-hydroxylation sites is 1. The predicted molar refractivity (Wildman–Crippen MR) is 68.4 cm³/mol. The Kier molecular flexibility index (Phi) is 3.80. The maximum absolute atomic E-state index is 12.0. The van der Waals surface area contributed by atoms with Crippen LogP contribution in [0.1, 0.15) is 0 Å². The van der Waals surface area contributed by atoms with Crippen LogP contribution in [-0.4, -0.2) is 41.5 Å². The van der Waals surface area contributed by atoms with E-state index in [0.717, 1.165) is 0 Å². The van der Waals surface area contributed by atoms with Crippen molar-refractivity contribution in [2.75, 3.05) is 29.3 Å². The van der Waals surface area contributed by atoms with E-state index in [4.69, 9.17) is 0 Å². The molecule has 0 spiro atoms. The Labute approximate surface area is 103 Å². The Morgan fingerprint density at radius 3 is 2.29 bits per heavy atom. The largest absolute Gasteiger partial charge is 0.301 e. The Bertz CT molecular complexity index is 492. The van der Waals surface area contributed by atoms with E-state index in [1.54, 1.807) is 24.3 Å². The van der Waals surface area contributed by atoms with E-state index >= 15 is 0 Å². The fourth-order valence-corrected chi connectivity index (χ4v) is 4.09. The van der Waals surface area contributed by atoms with Gasteiger partial charge in [0.25, 0.3) is 0 Å². The van der Waals surface area contributed by atoms with Crippen molar-refractivity contribution in [2.45, 2.75) is 0 Å². The van der Waals surface area contributed by atoms with Crippen molar-refractivity contribution in [1.82, 2.24) is 4.31 Å². The first-order chi connectivity index (χ1) is 8.08. The standard InChI is InChI=1S/C10H14N2O3S2/c13-16-8-6-12(7-9-16)17(14,15)11-10-4-2-1-3-5-10/h1-5,11H,6-9H2. The van der Waals surface area contributed by atoms with Gasteiger partial charge in [-0.3, -0.25) is 8.93 Å². The molecule has 0 saturated carbocycles. The smallest absolute Gasteiger partial charge is 0.271 e. The number of nitrogens with zero attached hydrogens (tertiary/aromatic N) is 1. The zero-order chi connectivity index (χ0) is 12.3. The van der Waals surface area contributed by atoms with Gasteiger partial charge in [0, 0.05) is 41.1 Å². The lowest BCUT2D eigenvalue weighted by Gasteiger charge is -2.25. The highest BCUT2D eigenvalue weighted by molar-refractivity contribution is 7.90. The molecule has 1 fully saturated rings. The molecule has 0 aromatic heterocycles. The molecule has 94 valence electrons. The second-order valence-electron chi connectivity index (χ2n) is 3.72. The summed E-state index contributed by atoms with van der Waals surface area (Å²) in [6.45, 7) is 0.629. The highest BCUT2D eigenvalue weighted by Gasteiger charge is 2.26. The fraction of sp³-hybridized carbons (Fsp3) is 0.400. The first-order valence-corrected chi connectivity index (χ1v) is 8.19. The fourth-order valence-electron chi connectivity index (χ4n) is 1.58. The van der Waals surface area contributed by atoms with Crippen LogP contribution in [0.4, 0.5) is 5.69 Å². The molecule has 0 radical (unpaired) electrons. The lowest BCUT2D eigenvalue weighted by molar-refractivity contribution is 0.443. The number of anilines is 1. The molecule has 0 bridgehead atoms. The lowest BCUT2D eigenvalue weighted by atomic mass is 10.3. The molecule has 2 rings (SSSR count). The molecule has 7 heteroatoms. The first kappa shape index (κ1) is 12.5. The first-order valence-electron chi connectivity index (χ1n) is 5.26. The molecular formula is C10H14N2O3S2. The van der Waals surface area contributed by atoms with Crippen LogP contribution in [0.15, 0.2) is 30.3 Å². The quantitative estimate of drug-likeness (QED) is 0.868. The van der Waals surface area contributed by atoms with Gasteiger partial charge in [-0.15, -0.1) is 0 Å². The molecular weight excluding hydrogens is 260 g/mol. The van der Waals surface area contributed by atoms with Gasteiger partial charge in [-0.2, -0.15) is 12.7 Å². The minimum atomic E-state index is -3.51. The summed E-state index contributed by atoms with van der Waals surface area (Å²) in [6.07, 6.45) is 0. The molecule has 1 aliphatic heterocycles. The third-order valence-corrected chi connectivity index (χ3v) is 5.31. The van der Waals surface area contributed by atoms with Gasteiger partial charge in [0.05, 0.1) is 0 Å². The molecule has 1 saturated heterocycles. The van der Waals surface area contributed by atoms with Crippen LogP contribution >= 0.6 is 0 Å². The topological polar surface area (TPSA) is 66.5 Å². The average molecular weight is 274 g/mol. The van der Waals surface area contributed by atoms with E-state index < -0.39 is 21.0 Å². The van der Waals surface area contributed by atoms with Crippen molar-refractivity contribution < 1.29 is 12.6 Å². The summed E-state index contributed by atoms with van der Waals surface area (Å²) in [5.74, 6) is 0.825. The van der Waals surface area contributed by atoms with Gasteiger partial charge in [0.1, 0.15) is 0 Å². The van der Waals surface area contributed by atoms with E-state index in [9.17, 15) is 12.6 Å². The molecule has 1 aromatic carbocycles. The number of hydrogen-bond acceptors (Lipinski definition) is 3. The van der Waals surface area contributed by atoms with Gasteiger partial charge in [-0.25, -0.2) is 0 Å². The van der Waals surface area contributed by atoms with Crippen molar-refractivity contribution in [3.63, 3.8) is 0 Å². The second kappa shape index (κ2) is 5.16. The summed E-state index contributed by atoms with van der Waals surface area (Å²) in [4.78, 5) is 0. The van der Waals surface area contributed by atoms with Gasteiger partial charge < -0.3 is 0 Å². The van der Waals surface area contributed by atoms with Crippen molar-refractivity contribution >= 4 is 26.7 Å². The molecule has 1 N–H and O–H groups in total. The van der Waals surface area contributed by atoms with Crippen molar-refractivity contribution in [3.05, 3.63) is 30.3 Å². The summed E-state index contributed by atoms with van der Waals surface area (Å²) >= 11 is 0. The normalized spacial score (nSPS) is 19.1. The van der Waals surface area contributed by atoms with Crippen LogP contribution < -0.4 is 4.72 Å². The summed E-state index contributed by atoms with van der Waals surface area (Å²) in [6, 6.07) is 8.74. The number of nitrogens with one attached hydrogen (secondary N) is 1. The van der Waals surface area contributed by atoms with E-state index in [2.05, 4.69) is 4.72 Å². The zero-order valence-electron chi connectivity index (χ0n) is 9.20. The molecule has 0 unspecified atom stereocenters. The minimum absolute atomic E-state index is 0.314. The maximum Gasteiger partial charge on any atom is 0.301 e. The van der Waals surface area contributed by atoms with Crippen LogP contribution in [0, 0.1) is 0 Å². The number of rotatable bonds is 3. The van der Waals surface area contributed by atoms with Gasteiger partial charge in [0.15, 0.2) is 0 Å². The van der Waals surface area contributed by atoms with Crippen LogP contribution in [0.5, 0.6) is 0 Å². The summed E-state index contributed by atoms with van der Waals surface area (Å²) < 4.78 is 39.0. The molecule has 17 heavy (non-hydrogen) atoms. The SMILES string of the molecule is O=S1CCN(S(=O)(=O)Nc2ccccc2)CC1. The highest BCUT2D eigenvalue weighted by Crippen LogP contribution is 2.12. The predicted octanol–water partition coefficient (Wildman–Crippen LogP) is 0.408. The van der Waals surface area contributed by atoms with Crippen LogP contribution in [0.3, 0.4) is 0 Å². The second-order valence-corrected chi connectivity index (χ2v) is 7.09. The lowest BCUT2D eigenvalue weighted by Crippen LogP contribution is -2.44. The zero-order valence-corrected chi connectivity index (χ0v) is 10.8. The summed E-state index contributed by atoms with van der Waals surface area (Å²) in [5.41, 5.74) is 0.541. The molecule has 5 nitrogen and oxygen atoms in total. The summed E-state index contributed by atoms with van der Waals surface area (Å²) in [7, 11) is -4.39. The Balaban J connectivity index is 2.07. The molecule has 0 amide bonds. The third-order valence-electron chi connectivity index (χ3n) is 2.50. The summed E-state index contributed by atoms with van der Waals surface area (Å²) in [5, 5.41) is 0. The Hall–Kier alpha value is -0.920. The molecule has 0 aliphatic carbocycles. The van der Waals surface area contributed by atoms with Crippen LogP contribution in [0.2, 0.25) is 0 Å². The highest BCUT2D eigenvalue weighted by atomic mass is 32.2. The van der Waals surface area contributed by atoms with E-state index in [1.165, 1.54) is 4.31 Å². The molecule has 1 heterocycles. The van der Waals surface area contributed by atoms with Crippen molar-refractivity contribution in [1.29, 1.82) is 0 Å². The van der Waals surface area contributed by atoms with Crippen molar-refractivity contribution in [2.24, 2.45) is 0 Å². The van der Waals surface area contributed by atoms with Crippen LogP contribution in [-0.2, 0) is 21.0 Å². The maximum atomic E-state index is 12.0. The monoisotopic (exact) mass is 274 g/mol. The Morgan fingerprint density at radius 1 is 1.12 bits per heavy atom. The molecule has 0 atom stereocenters. The van der Waals surface area contributed by atoms with Gasteiger partial charge >= 0.3 is 10.2 Å². The molecule has 1 aromatic rings.